The molecule has 1 aromatic carbocycles. The van der Waals surface area contributed by atoms with Crippen molar-refractivity contribution in [2.24, 2.45) is 5.73 Å². The van der Waals surface area contributed by atoms with Gasteiger partial charge in [-0.2, -0.15) is 5.10 Å². The van der Waals surface area contributed by atoms with Crippen LogP contribution in [-0.2, 0) is 12.8 Å². The second-order valence-electron chi connectivity index (χ2n) is 5.98. The summed E-state index contributed by atoms with van der Waals surface area (Å²) in [6.45, 7) is 0. The van der Waals surface area contributed by atoms with Gasteiger partial charge in [-0.15, -0.1) is 0 Å². The van der Waals surface area contributed by atoms with Crippen molar-refractivity contribution in [3.63, 3.8) is 0 Å². The van der Waals surface area contributed by atoms with E-state index >= 15 is 0 Å². The highest BCUT2D eigenvalue weighted by molar-refractivity contribution is 5.92. The molecular formula is C19H18F2N4O2. The minimum absolute atomic E-state index is 0.164. The second-order valence-corrected chi connectivity index (χ2v) is 5.98. The molecule has 0 fully saturated rings. The lowest BCUT2D eigenvalue weighted by Gasteiger charge is -2.03. The molecule has 3 aromatic rings. The Bertz CT molecular complexity index is 930. The van der Waals surface area contributed by atoms with E-state index in [9.17, 15) is 13.6 Å². The number of aromatic nitrogens is 3. The topological polar surface area (TPSA) is 83.0 Å². The number of carbonyl (C=O) groups excluding carboxylic acids is 1. The Labute approximate surface area is 154 Å². The highest BCUT2D eigenvalue weighted by Crippen LogP contribution is 2.22. The van der Waals surface area contributed by atoms with E-state index in [0.717, 1.165) is 30.7 Å². The summed E-state index contributed by atoms with van der Waals surface area (Å²) >= 11 is 0. The highest BCUT2D eigenvalue weighted by Gasteiger charge is 2.15. The quantitative estimate of drug-likeness (QED) is 0.766. The first-order valence-corrected chi connectivity index (χ1v) is 8.30. The van der Waals surface area contributed by atoms with Crippen molar-refractivity contribution >= 4 is 5.91 Å². The molecule has 0 bridgehead atoms. The number of primary amides is 1. The zero-order valence-corrected chi connectivity index (χ0v) is 14.7. The Morgan fingerprint density at radius 1 is 1.19 bits per heavy atom. The number of hydrogen-bond donors (Lipinski definition) is 1. The van der Waals surface area contributed by atoms with Gasteiger partial charge in [-0.3, -0.25) is 4.79 Å². The van der Waals surface area contributed by atoms with Gasteiger partial charge < -0.3 is 10.5 Å². The van der Waals surface area contributed by atoms with Crippen LogP contribution in [-0.4, -0.2) is 27.8 Å². The van der Waals surface area contributed by atoms with E-state index < -0.39 is 17.5 Å². The summed E-state index contributed by atoms with van der Waals surface area (Å²) in [5.74, 6) is -1.84. The number of fused-ring (bicyclic) bond motifs is 1. The molecule has 0 radical (unpaired) electrons. The van der Waals surface area contributed by atoms with Crippen molar-refractivity contribution in [2.45, 2.75) is 19.3 Å². The number of carbonyl (C=O) groups is 1. The number of hydrogen-bond acceptors (Lipinski definition) is 4. The third-order valence-electron chi connectivity index (χ3n) is 4.08. The zero-order valence-electron chi connectivity index (χ0n) is 14.7. The van der Waals surface area contributed by atoms with Crippen molar-refractivity contribution in [1.82, 2.24) is 14.8 Å². The summed E-state index contributed by atoms with van der Waals surface area (Å²) in [5, 5.41) is 4.57. The van der Waals surface area contributed by atoms with Crippen LogP contribution in [0.2, 0.25) is 0 Å². The maximum absolute atomic E-state index is 12.3. The van der Waals surface area contributed by atoms with E-state index in [-0.39, 0.29) is 5.56 Å². The van der Waals surface area contributed by atoms with E-state index in [1.54, 1.807) is 13.3 Å². The first-order valence-electron chi connectivity index (χ1n) is 8.30. The van der Waals surface area contributed by atoms with Crippen LogP contribution in [0.3, 0.4) is 0 Å². The minimum Gasteiger partial charge on any atom is -0.481 e. The molecule has 1 aliphatic rings. The number of rotatable bonds is 3. The van der Waals surface area contributed by atoms with Gasteiger partial charge in [0.15, 0.2) is 0 Å². The van der Waals surface area contributed by atoms with Crippen LogP contribution in [0.15, 0.2) is 42.7 Å². The molecular weight excluding hydrogens is 354 g/mol. The van der Waals surface area contributed by atoms with Crippen molar-refractivity contribution in [3.8, 4) is 11.6 Å². The van der Waals surface area contributed by atoms with Gasteiger partial charge in [-0.25, -0.2) is 18.4 Å². The lowest BCUT2D eigenvalue weighted by Crippen LogP contribution is -2.11. The Balaban J connectivity index is 0.000000168. The summed E-state index contributed by atoms with van der Waals surface area (Å²) in [5.41, 5.74) is 8.22. The summed E-state index contributed by atoms with van der Waals surface area (Å²) in [6.07, 6.45) is 7.33. The summed E-state index contributed by atoms with van der Waals surface area (Å²) < 4.78 is 31.7. The molecule has 27 heavy (non-hydrogen) atoms. The minimum atomic E-state index is -0.844. The highest BCUT2D eigenvalue weighted by atomic mass is 19.1. The first-order chi connectivity index (χ1) is 13.0. The van der Waals surface area contributed by atoms with Crippen molar-refractivity contribution in [3.05, 3.63) is 71.2 Å². The van der Waals surface area contributed by atoms with Crippen molar-refractivity contribution < 1.29 is 18.3 Å². The monoisotopic (exact) mass is 372 g/mol. The molecule has 0 aliphatic heterocycles. The fraction of sp³-hybridized carbons (Fsp3) is 0.211. The molecule has 6 nitrogen and oxygen atoms in total. The molecule has 8 heteroatoms. The molecule has 0 atom stereocenters. The van der Waals surface area contributed by atoms with Crippen LogP contribution in [0, 0.1) is 11.6 Å². The van der Waals surface area contributed by atoms with E-state index in [2.05, 4.69) is 16.3 Å². The van der Waals surface area contributed by atoms with Crippen LogP contribution in [0.1, 0.15) is 28.0 Å². The van der Waals surface area contributed by atoms with Crippen LogP contribution in [0.25, 0.3) is 5.69 Å². The molecule has 4 rings (SSSR count). The summed E-state index contributed by atoms with van der Waals surface area (Å²) in [7, 11) is 1.62. The van der Waals surface area contributed by atoms with Crippen molar-refractivity contribution in [1.29, 1.82) is 0 Å². The maximum Gasteiger partial charge on any atom is 0.248 e. The van der Waals surface area contributed by atoms with E-state index in [1.807, 2.05) is 16.8 Å². The number of amides is 1. The predicted molar refractivity (Wildman–Crippen MR) is 94.8 cm³/mol. The Morgan fingerprint density at radius 3 is 2.56 bits per heavy atom. The van der Waals surface area contributed by atoms with Crippen LogP contribution in [0.5, 0.6) is 5.88 Å². The van der Waals surface area contributed by atoms with Gasteiger partial charge >= 0.3 is 0 Å². The SMILES string of the molecule is COc1cc(-n2cc3c(n2)CCC3)ccn1.NC(=O)c1cc(F)cc(F)c1. The predicted octanol–water partition coefficient (Wildman–Crippen LogP) is 2.83. The molecule has 0 saturated heterocycles. The number of nitrogens with two attached hydrogens (primary N) is 1. The fourth-order valence-corrected chi connectivity index (χ4v) is 2.79. The zero-order chi connectivity index (χ0) is 19.4. The fourth-order valence-electron chi connectivity index (χ4n) is 2.79. The number of ether oxygens (including phenoxy) is 1. The molecule has 1 aliphatic carbocycles. The van der Waals surface area contributed by atoms with E-state index in [1.165, 1.54) is 17.7 Å². The number of methoxy groups -OCH3 is 1. The lowest BCUT2D eigenvalue weighted by molar-refractivity contribution is 0.0999. The van der Waals surface area contributed by atoms with Crippen molar-refractivity contribution in [2.75, 3.05) is 7.11 Å². The molecule has 0 spiro atoms. The summed E-state index contributed by atoms with van der Waals surface area (Å²) in [4.78, 5) is 14.5. The third-order valence-corrected chi connectivity index (χ3v) is 4.08. The van der Waals surface area contributed by atoms with Gasteiger partial charge in [0, 0.05) is 30.1 Å². The Hall–Kier alpha value is -3.29. The van der Waals surface area contributed by atoms with Gasteiger partial charge in [0.1, 0.15) is 11.6 Å². The van der Waals surface area contributed by atoms with Crippen LogP contribution >= 0.6 is 0 Å². The van der Waals surface area contributed by atoms with Crippen LogP contribution in [0.4, 0.5) is 8.78 Å². The lowest BCUT2D eigenvalue weighted by atomic mass is 10.2. The van der Waals surface area contributed by atoms with Gasteiger partial charge in [-0.1, -0.05) is 0 Å². The van der Waals surface area contributed by atoms with Gasteiger partial charge in [0.25, 0.3) is 0 Å². The largest absolute Gasteiger partial charge is 0.481 e. The Kier molecular flexibility index (Phi) is 5.44. The molecule has 2 N–H and O–H groups in total. The number of aryl methyl sites for hydroxylation is 2. The summed E-state index contributed by atoms with van der Waals surface area (Å²) in [6, 6.07) is 6.26. The molecule has 0 unspecified atom stereocenters. The number of pyridine rings is 1. The second kappa shape index (κ2) is 7.94. The Morgan fingerprint density at radius 2 is 1.93 bits per heavy atom. The number of halogens is 2. The number of benzene rings is 1. The molecule has 140 valence electrons. The van der Waals surface area contributed by atoms with E-state index in [0.29, 0.717) is 11.9 Å². The average Bonchev–Trinajstić information content (AvgIpc) is 3.23. The number of nitrogens with zero attached hydrogens (tertiary/aromatic N) is 3. The standard InChI is InChI=1S/C12H13N3O.C7H5F2NO/c1-16-12-7-10(5-6-13-12)15-8-9-3-2-4-11(9)14-15;8-5-1-4(7(10)11)2-6(9)3-5/h5-8H,2-4H2,1H3;1-3H,(H2,10,11). The third kappa shape index (κ3) is 4.46. The maximum atomic E-state index is 12.3. The van der Waals surface area contributed by atoms with Gasteiger partial charge in [0.2, 0.25) is 11.8 Å². The molecule has 2 heterocycles. The average molecular weight is 372 g/mol. The smallest absolute Gasteiger partial charge is 0.248 e. The van der Waals surface area contributed by atoms with Gasteiger partial charge in [0.05, 0.1) is 18.5 Å². The molecule has 1 amide bonds. The van der Waals surface area contributed by atoms with Gasteiger partial charge in [-0.05, 0) is 43.0 Å². The normalized spacial score (nSPS) is 12.1. The van der Waals surface area contributed by atoms with Crippen LogP contribution < -0.4 is 10.5 Å². The first kappa shape index (κ1) is 18.5. The van der Waals surface area contributed by atoms with E-state index in [4.69, 9.17) is 10.5 Å². The molecule has 2 aromatic heterocycles. The molecule has 0 saturated carbocycles.